The lowest BCUT2D eigenvalue weighted by molar-refractivity contribution is -0.384. The molecule has 0 fully saturated rings. The molecule has 0 spiro atoms. The first-order valence-electron chi connectivity index (χ1n) is 9.93. The van der Waals surface area contributed by atoms with Crippen LogP contribution in [0.3, 0.4) is 0 Å². The van der Waals surface area contributed by atoms with Gasteiger partial charge in [-0.05, 0) is 19.4 Å². The van der Waals surface area contributed by atoms with E-state index in [1.54, 1.807) is 19.9 Å². The Morgan fingerprint density at radius 1 is 1.42 bits per heavy atom. The van der Waals surface area contributed by atoms with E-state index in [1.165, 1.54) is 35.1 Å². The molecule has 4 amide bonds. The molecular weight excluding hydrogens is 406 g/mol. The molecule has 0 radical (unpaired) electrons. The minimum atomic E-state index is -0.841. The van der Waals surface area contributed by atoms with Gasteiger partial charge in [-0.15, -0.1) is 0 Å². The molecule has 11 nitrogen and oxygen atoms in total. The number of non-ortho nitro benzene ring substituents is 1. The quantitative estimate of drug-likeness (QED) is 0.357. The number of carbonyl (C=O) groups is 3. The predicted octanol–water partition coefficient (Wildman–Crippen LogP) is 0.928. The van der Waals surface area contributed by atoms with Crippen molar-refractivity contribution in [2.45, 2.75) is 25.9 Å². The van der Waals surface area contributed by atoms with Crippen LogP contribution in [-0.4, -0.2) is 72.0 Å². The number of urea groups is 1. The van der Waals surface area contributed by atoms with E-state index in [4.69, 9.17) is 4.74 Å². The highest BCUT2D eigenvalue weighted by Gasteiger charge is 2.46. The summed E-state index contributed by atoms with van der Waals surface area (Å²) in [6.45, 7) is 4.49. The Balaban J connectivity index is 1.93. The van der Waals surface area contributed by atoms with E-state index in [0.717, 1.165) is 0 Å². The van der Waals surface area contributed by atoms with Crippen LogP contribution in [0.15, 0.2) is 35.5 Å². The molecule has 2 aliphatic rings. The summed E-state index contributed by atoms with van der Waals surface area (Å²) in [4.78, 5) is 52.0. The van der Waals surface area contributed by atoms with Gasteiger partial charge in [0, 0.05) is 32.3 Å². The molecule has 0 aliphatic carbocycles. The third-order valence-corrected chi connectivity index (χ3v) is 5.43. The Labute approximate surface area is 179 Å². The second-order valence-corrected chi connectivity index (χ2v) is 7.23. The standard InChI is InChI=1S/C20H25N5O6/c1-4-23-15-11-24(12(2)18(26)21-8-9-31-3)19(27)16(15)17(22-20(23)28)13-6-5-7-14(10-13)25(29)30/h5-7,10,12,17H,4,8-9,11H2,1-3H3,(H,21,26)(H,22,28). The molecule has 2 heterocycles. The molecule has 3 rings (SSSR count). The van der Waals surface area contributed by atoms with Crippen molar-refractivity contribution in [3.63, 3.8) is 0 Å². The van der Waals surface area contributed by atoms with Gasteiger partial charge in [-0.25, -0.2) is 4.79 Å². The van der Waals surface area contributed by atoms with Gasteiger partial charge in [-0.3, -0.25) is 24.6 Å². The van der Waals surface area contributed by atoms with Gasteiger partial charge in [0.05, 0.1) is 35.4 Å². The van der Waals surface area contributed by atoms with E-state index in [2.05, 4.69) is 10.6 Å². The SMILES string of the molecule is CCN1C(=O)NC(c2cccc([N+](=O)[O-])c2)C2=C1CN(C(C)C(=O)NCCOC)C2=O. The molecule has 2 atom stereocenters. The Morgan fingerprint density at radius 3 is 2.81 bits per heavy atom. The van der Waals surface area contributed by atoms with Gasteiger partial charge in [0.25, 0.3) is 11.6 Å². The molecule has 1 aromatic carbocycles. The third kappa shape index (κ3) is 4.22. The first-order chi connectivity index (χ1) is 14.8. The van der Waals surface area contributed by atoms with Gasteiger partial charge in [0.1, 0.15) is 6.04 Å². The number of nitro groups is 1. The summed E-state index contributed by atoms with van der Waals surface area (Å²) in [6, 6.07) is 3.81. The zero-order valence-corrected chi connectivity index (χ0v) is 17.6. The molecular formula is C20H25N5O6. The average Bonchev–Trinajstić information content (AvgIpc) is 3.09. The van der Waals surface area contributed by atoms with Gasteiger partial charge >= 0.3 is 6.03 Å². The second kappa shape index (κ2) is 9.13. The minimum Gasteiger partial charge on any atom is -0.383 e. The van der Waals surface area contributed by atoms with Crippen LogP contribution in [0.25, 0.3) is 0 Å². The number of ether oxygens (including phenoxy) is 1. The minimum absolute atomic E-state index is 0.0969. The Hall–Kier alpha value is -3.47. The Bertz CT molecular complexity index is 946. The van der Waals surface area contributed by atoms with Crippen LogP contribution in [-0.2, 0) is 14.3 Å². The number of amides is 4. The molecule has 2 N–H and O–H groups in total. The van der Waals surface area contributed by atoms with E-state index in [0.29, 0.717) is 36.5 Å². The number of rotatable bonds is 8. The van der Waals surface area contributed by atoms with Crippen LogP contribution >= 0.6 is 0 Å². The van der Waals surface area contributed by atoms with Gasteiger partial charge in [-0.2, -0.15) is 0 Å². The molecule has 31 heavy (non-hydrogen) atoms. The largest absolute Gasteiger partial charge is 0.383 e. The maximum atomic E-state index is 13.3. The molecule has 11 heteroatoms. The maximum absolute atomic E-state index is 13.3. The fraction of sp³-hybridized carbons (Fsp3) is 0.450. The molecule has 0 saturated carbocycles. The normalized spacial score (nSPS) is 19.3. The number of nitrogens with zero attached hydrogens (tertiary/aromatic N) is 3. The van der Waals surface area contributed by atoms with E-state index in [9.17, 15) is 24.5 Å². The molecule has 0 bridgehead atoms. The molecule has 1 aromatic rings. The Morgan fingerprint density at radius 2 is 2.16 bits per heavy atom. The van der Waals surface area contributed by atoms with Gasteiger partial charge in [0.2, 0.25) is 5.91 Å². The summed E-state index contributed by atoms with van der Waals surface area (Å²) in [5.74, 6) is -0.723. The number of carbonyl (C=O) groups excluding carboxylic acids is 3. The van der Waals surface area contributed by atoms with Crippen molar-refractivity contribution in [2.75, 3.05) is 33.4 Å². The van der Waals surface area contributed by atoms with Gasteiger partial charge in [0.15, 0.2) is 0 Å². The van der Waals surface area contributed by atoms with Crippen molar-refractivity contribution in [1.29, 1.82) is 0 Å². The Kier molecular flexibility index (Phi) is 6.54. The van der Waals surface area contributed by atoms with E-state index in [1.807, 2.05) is 0 Å². The third-order valence-electron chi connectivity index (χ3n) is 5.43. The monoisotopic (exact) mass is 431 g/mol. The van der Waals surface area contributed by atoms with Crippen molar-refractivity contribution in [3.05, 3.63) is 51.2 Å². The van der Waals surface area contributed by atoms with Gasteiger partial charge < -0.3 is 20.3 Å². The number of benzene rings is 1. The molecule has 0 aromatic heterocycles. The highest BCUT2D eigenvalue weighted by Crippen LogP contribution is 2.37. The number of likely N-dealkylation sites (N-methyl/N-ethyl adjacent to an activating group) is 1. The van der Waals surface area contributed by atoms with Crippen LogP contribution in [0.5, 0.6) is 0 Å². The summed E-state index contributed by atoms with van der Waals surface area (Å²) < 4.78 is 4.92. The van der Waals surface area contributed by atoms with Crippen molar-refractivity contribution < 1.29 is 24.0 Å². The maximum Gasteiger partial charge on any atom is 0.322 e. The summed E-state index contributed by atoms with van der Waals surface area (Å²) >= 11 is 0. The lowest BCUT2D eigenvalue weighted by Gasteiger charge is -2.32. The second-order valence-electron chi connectivity index (χ2n) is 7.23. The fourth-order valence-electron chi connectivity index (χ4n) is 3.79. The number of nitrogens with one attached hydrogen (secondary N) is 2. The van der Waals surface area contributed by atoms with Crippen molar-refractivity contribution in [2.24, 2.45) is 0 Å². The van der Waals surface area contributed by atoms with Crippen molar-refractivity contribution in [3.8, 4) is 0 Å². The highest BCUT2D eigenvalue weighted by atomic mass is 16.6. The van der Waals surface area contributed by atoms with Crippen LogP contribution in [0.4, 0.5) is 10.5 Å². The topological polar surface area (TPSA) is 134 Å². The van der Waals surface area contributed by atoms with Gasteiger partial charge in [-0.1, -0.05) is 12.1 Å². The lowest BCUT2D eigenvalue weighted by Crippen LogP contribution is -2.47. The molecule has 166 valence electrons. The van der Waals surface area contributed by atoms with Crippen LogP contribution < -0.4 is 10.6 Å². The molecule has 2 aliphatic heterocycles. The van der Waals surface area contributed by atoms with Crippen LogP contribution in [0, 0.1) is 10.1 Å². The number of hydrogen-bond donors (Lipinski definition) is 2. The summed E-state index contributed by atoms with van der Waals surface area (Å²) in [7, 11) is 1.52. The summed E-state index contributed by atoms with van der Waals surface area (Å²) in [5, 5.41) is 16.7. The molecule has 0 saturated heterocycles. The zero-order valence-electron chi connectivity index (χ0n) is 17.6. The smallest absolute Gasteiger partial charge is 0.322 e. The predicted molar refractivity (Wildman–Crippen MR) is 110 cm³/mol. The number of nitro benzene ring substituents is 1. The first-order valence-corrected chi connectivity index (χ1v) is 9.93. The summed E-state index contributed by atoms with van der Waals surface area (Å²) in [6.07, 6.45) is 0. The number of hydrogen-bond acceptors (Lipinski definition) is 6. The highest BCUT2D eigenvalue weighted by molar-refractivity contribution is 6.03. The van der Waals surface area contributed by atoms with Crippen molar-refractivity contribution in [1.82, 2.24) is 20.4 Å². The lowest BCUT2D eigenvalue weighted by atomic mass is 9.95. The first kappa shape index (κ1) is 22.2. The van der Waals surface area contributed by atoms with E-state index >= 15 is 0 Å². The number of methoxy groups -OCH3 is 1. The fourth-order valence-corrected chi connectivity index (χ4v) is 3.79. The van der Waals surface area contributed by atoms with Crippen LogP contribution in [0.2, 0.25) is 0 Å². The van der Waals surface area contributed by atoms with E-state index in [-0.39, 0.29) is 24.0 Å². The summed E-state index contributed by atoms with van der Waals surface area (Å²) in [5.41, 5.74) is 1.11. The average molecular weight is 431 g/mol. The van der Waals surface area contributed by atoms with Crippen molar-refractivity contribution >= 4 is 23.5 Å². The zero-order chi connectivity index (χ0) is 22.7. The van der Waals surface area contributed by atoms with E-state index < -0.39 is 23.0 Å². The van der Waals surface area contributed by atoms with Crippen LogP contribution in [0.1, 0.15) is 25.5 Å². The molecule has 2 unspecified atom stereocenters.